The molecule has 4 rings (SSSR count). The molecule has 0 saturated carbocycles. The highest BCUT2D eigenvalue weighted by molar-refractivity contribution is 7.92. The number of nitrogens with zero attached hydrogens (tertiary/aromatic N) is 2. The predicted octanol–water partition coefficient (Wildman–Crippen LogP) is 3.93. The molecule has 1 aromatic heterocycles. The van der Waals surface area contributed by atoms with Gasteiger partial charge in [-0.1, -0.05) is 35.9 Å². The summed E-state index contributed by atoms with van der Waals surface area (Å²) in [5.41, 5.74) is 3.11. The van der Waals surface area contributed by atoms with Gasteiger partial charge in [0.2, 0.25) is 0 Å². The Morgan fingerprint density at radius 1 is 1.28 bits per heavy atom. The van der Waals surface area contributed by atoms with Gasteiger partial charge in [-0.25, -0.2) is 0 Å². The van der Waals surface area contributed by atoms with Gasteiger partial charge in [-0.15, -0.1) is 0 Å². The number of halogens is 1. The summed E-state index contributed by atoms with van der Waals surface area (Å²) >= 11 is 4.63. The van der Waals surface area contributed by atoms with Crippen molar-refractivity contribution < 1.29 is 9.35 Å². The molecule has 3 aromatic rings. The number of para-hydroxylation sites is 1. The van der Waals surface area contributed by atoms with Crippen LogP contribution in [0.4, 0.5) is 0 Å². The summed E-state index contributed by atoms with van der Waals surface area (Å²) < 4.78 is 15.0. The van der Waals surface area contributed by atoms with Crippen LogP contribution in [0.5, 0.6) is 0 Å². The molecule has 7 heteroatoms. The van der Waals surface area contributed by atoms with Crippen LogP contribution >= 0.6 is 11.6 Å². The quantitative estimate of drug-likeness (QED) is 0.629. The summed E-state index contributed by atoms with van der Waals surface area (Å²) in [6.07, 6.45) is 3.70. The number of hydrogen-bond donors (Lipinski definition) is 1. The lowest BCUT2D eigenvalue weighted by Gasteiger charge is -2.09. The molecule has 1 aliphatic rings. The Kier molecular flexibility index (Phi) is 5.76. The fraction of sp³-hybridized carbons (Fsp3) is 0.182. The maximum atomic E-state index is 13.0. The lowest BCUT2D eigenvalue weighted by Crippen LogP contribution is -2.33. The Labute approximate surface area is 177 Å². The number of carbonyl (C=O) groups excluding carboxylic acids is 1. The molecular weight excluding hydrogens is 406 g/mol. The van der Waals surface area contributed by atoms with Crippen LogP contribution in [0.15, 0.2) is 76.3 Å². The zero-order chi connectivity index (χ0) is 20.4. The molecule has 0 radical (unpaired) electrons. The summed E-state index contributed by atoms with van der Waals surface area (Å²) in [5, 5.41) is 4.29. The highest BCUT2D eigenvalue weighted by Gasteiger charge is 2.23. The normalized spacial score (nSPS) is 14.6. The maximum Gasteiger partial charge on any atom is 0.275 e. The Morgan fingerprint density at radius 3 is 2.86 bits per heavy atom. The van der Waals surface area contributed by atoms with Crippen molar-refractivity contribution in [3.8, 4) is 0 Å². The first-order chi connectivity index (χ1) is 14.0. The molecule has 2 heterocycles. The molecule has 29 heavy (non-hydrogen) atoms. The molecule has 0 spiro atoms. The van der Waals surface area contributed by atoms with Gasteiger partial charge in [-0.3, -0.25) is 9.79 Å². The monoisotopic (exact) mass is 425 g/mol. The van der Waals surface area contributed by atoms with E-state index in [9.17, 15) is 9.35 Å². The van der Waals surface area contributed by atoms with E-state index in [2.05, 4.69) is 10.3 Å². The number of rotatable bonds is 5. The molecule has 148 valence electrons. The summed E-state index contributed by atoms with van der Waals surface area (Å²) in [4.78, 5) is 17.2. The third-order valence-corrected chi connectivity index (χ3v) is 6.23. The van der Waals surface area contributed by atoms with Gasteiger partial charge < -0.3 is 14.4 Å². The highest BCUT2D eigenvalue weighted by Crippen LogP contribution is 2.27. The highest BCUT2D eigenvalue weighted by atomic mass is 35.5. The Morgan fingerprint density at radius 2 is 2.10 bits per heavy atom. The van der Waals surface area contributed by atoms with E-state index in [-0.39, 0.29) is 11.7 Å². The molecule has 0 aliphatic carbocycles. The molecule has 1 N–H and O–H groups in total. The van der Waals surface area contributed by atoms with Gasteiger partial charge in [-0.05, 0) is 59.6 Å². The zero-order valence-electron chi connectivity index (χ0n) is 15.9. The zero-order valence-corrected chi connectivity index (χ0v) is 17.5. The average Bonchev–Trinajstić information content (AvgIpc) is 3.25. The third-order valence-electron chi connectivity index (χ3n) is 4.65. The van der Waals surface area contributed by atoms with Crippen LogP contribution in [0.2, 0.25) is 5.02 Å². The molecular formula is C22H20ClN3O2S. The minimum Gasteiger partial charge on any atom is -0.611 e. The second-order valence-electron chi connectivity index (χ2n) is 7.00. The van der Waals surface area contributed by atoms with Gasteiger partial charge in [-0.2, -0.15) is 0 Å². The lowest BCUT2D eigenvalue weighted by molar-refractivity contribution is -0.117. The molecule has 5 nitrogen and oxygen atoms in total. The molecule has 1 aliphatic heterocycles. The molecule has 0 saturated heterocycles. The molecule has 1 amide bonds. The van der Waals surface area contributed by atoms with Crippen LogP contribution < -0.4 is 5.32 Å². The SMILES string of the molecule is CC1=CC(NC(=O)C[S+]([O-])c2cn(Cc3cccc(Cl)c3)c3ccccc23)=NC1. The summed E-state index contributed by atoms with van der Waals surface area (Å²) in [6.45, 7) is 3.15. The number of aromatic nitrogens is 1. The number of hydrogen-bond acceptors (Lipinski definition) is 3. The number of benzene rings is 2. The van der Waals surface area contributed by atoms with E-state index < -0.39 is 11.2 Å². The van der Waals surface area contributed by atoms with Gasteiger partial charge in [0.1, 0.15) is 5.84 Å². The molecule has 1 unspecified atom stereocenters. The van der Waals surface area contributed by atoms with Crippen molar-refractivity contribution in [1.29, 1.82) is 0 Å². The first-order valence-electron chi connectivity index (χ1n) is 9.22. The summed E-state index contributed by atoms with van der Waals surface area (Å²) in [6, 6.07) is 15.4. The van der Waals surface area contributed by atoms with E-state index in [4.69, 9.17) is 11.6 Å². The molecule has 2 aromatic carbocycles. The van der Waals surface area contributed by atoms with E-state index >= 15 is 0 Å². The predicted molar refractivity (Wildman–Crippen MR) is 118 cm³/mol. The standard InChI is InChI=1S/C22H20ClN3O2S/c1-15-9-21(24-11-15)25-22(27)14-29(28)20-13-26(19-8-3-2-7-18(19)20)12-16-5-4-6-17(23)10-16/h2-10,13H,11-12,14H2,1H3,(H,24,25,27). The van der Waals surface area contributed by atoms with Crippen LogP contribution in [0.25, 0.3) is 10.9 Å². The van der Waals surface area contributed by atoms with Crippen molar-refractivity contribution in [2.24, 2.45) is 4.99 Å². The first kappa shape index (κ1) is 19.8. The van der Waals surface area contributed by atoms with E-state index in [0.29, 0.717) is 28.8 Å². The fourth-order valence-corrected chi connectivity index (χ4v) is 4.68. The molecule has 0 fully saturated rings. The van der Waals surface area contributed by atoms with Gasteiger partial charge in [0, 0.05) is 11.6 Å². The minimum absolute atomic E-state index is 0.114. The number of amidine groups is 1. The smallest absolute Gasteiger partial charge is 0.275 e. The van der Waals surface area contributed by atoms with Crippen molar-refractivity contribution in [1.82, 2.24) is 9.88 Å². The van der Waals surface area contributed by atoms with Gasteiger partial charge in [0.25, 0.3) is 5.91 Å². The van der Waals surface area contributed by atoms with Crippen LogP contribution in [0.3, 0.4) is 0 Å². The fourth-order valence-electron chi connectivity index (χ4n) is 3.34. The number of fused-ring (bicyclic) bond motifs is 1. The Bertz CT molecular complexity index is 1140. The largest absolute Gasteiger partial charge is 0.611 e. The van der Waals surface area contributed by atoms with Crippen LogP contribution in [-0.4, -0.2) is 33.2 Å². The van der Waals surface area contributed by atoms with Crippen LogP contribution in [0.1, 0.15) is 12.5 Å². The summed E-state index contributed by atoms with van der Waals surface area (Å²) in [7, 11) is 0. The Balaban J connectivity index is 1.56. The summed E-state index contributed by atoms with van der Waals surface area (Å²) in [5.74, 6) is 0.115. The van der Waals surface area contributed by atoms with Gasteiger partial charge in [0.05, 0.1) is 23.6 Å². The lowest BCUT2D eigenvalue weighted by atomic mass is 10.2. The maximum absolute atomic E-state index is 13.0. The van der Waals surface area contributed by atoms with Crippen molar-refractivity contribution in [3.63, 3.8) is 0 Å². The van der Waals surface area contributed by atoms with Crippen molar-refractivity contribution in [2.45, 2.75) is 18.4 Å². The van der Waals surface area contributed by atoms with Crippen LogP contribution in [0, 0.1) is 0 Å². The van der Waals surface area contributed by atoms with E-state index in [1.165, 1.54) is 0 Å². The van der Waals surface area contributed by atoms with Gasteiger partial charge >= 0.3 is 0 Å². The third kappa shape index (κ3) is 4.56. The Hall–Kier alpha value is -2.54. The topological polar surface area (TPSA) is 69.4 Å². The van der Waals surface area contributed by atoms with Crippen molar-refractivity contribution in [2.75, 3.05) is 12.3 Å². The second-order valence-corrected chi connectivity index (χ2v) is 8.85. The van der Waals surface area contributed by atoms with E-state index in [0.717, 1.165) is 22.0 Å². The number of amides is 1. The van der Waals surface area contributed by atoms with Crippen LogP contribution in [-0.2, 0) is 22.5 Å². The van der Waals surface area contributed by atoms with E-state index in [1.807, 2.05) is 72.3 Å². The molecule has 0 bridgehead atoms. The second kappa shape index (κ2) is 8.45. The number of nitrogens with one attached hydrogen (secondary N) is 1. The van der Waals surface area contributed by atoms with E-state index in [1.54, 1.807) is 0 Å². The number of aliphatic imine (C=N–C) groups is 1. The van der Waals surface area contributed by atoms with Crippen molar-refractivity contribution in [3.05, 3.63) is 77.0 Å². The average molecular weight is 426 g/mol. The first-order valence-corrected chi connectivity index (χ1v) is 10.9. The molecule has 1 atom stereocenters. The van der Waals surface area contributed by atoms with Gasteiger partial charge in [0.15, 0.2) is 10.6 Å². The minimum atomic E-state index is -1.47. The van der Waals surface area contributed by atoms with Crippen molar-refractivity contribution >= 4 is 45.4 Å². The number of carbonyl (C=O) groups is 1.